The van der Waals surface area contributed by atoms with Gasteiger partial charge in [0.25, 0.3) is 0 Å². The molecule has 134 valence electrons. The van der Waals surface area contributed by atoms with Crippen molar-refractivity contribution < 1.29 is 4.79 Å². The molecule has 2 heterocycles. The van der Waals surface area contributed by atoms with Gasteiger partial charge >= 0.3 is 0 Å². The standard InChI is InChI=1S/C19H25BrN4O/c1-15-4-3-5-17(12-15)14-22-8-10-23(11-9-22)19(25)6-7-24-16(2)18(20)13-21-24/h3-5,12-13H,6-11,14H2,1-2H3. The van der Waals surface area contributed by atoms with Crippen molar-refractivity contribution >= 4 is 21.8 Å². The molecule has 0 saturated carbocycles. The first-order valence-electron chi connectivity index (χ1n) is 8.76. The van der Waals surface area contributed by atoms with Gasteiger partial charge in [0, 0.05) is 51.4 Å². The van der Waals surface area contributed by atoms with E-state index in [0.717, 1.165) is 42.9 Å². The minimum atomic E-state index is 0.223. The summed E-state index contributed by atoms with van der Waals surface area (Å²) in [7, 11) is 0. The number of piperazine rings is 1. The molecule has 6 heteroatoms. The van der Waals surface area contributed by atoms with Crippen molar-refractivity contribution in [2.45, 2.75) is 33.4 Å². The first kappa shape index (κ1) is 18.1. The summed E-state index contributed by atoms with van der Waals surface area (Å²) in [6.07, 6.45) is 2.29. The molecular weight excluding hydrogens is 380 g/mol. The zero-order chi connectivity index (χ0) is 17.8. The first-order chi connectivity index (χ1) is 12.0. The monoisotopic (exact) mass is 404 g/mol. The van der Waals surface area contributed by atoms with E-state index >= 15 is 0 Å². The Morgan fingerprint density at radius 1 is 1.20 bits per heavy atom. The van der Waals surface area contributed by atoms with Gasteiger partial charge in [-0.15, -0.1) is 0 Å². The van der Waals surface area contributed by atoms with Crippen molar-refractivity contribution in [1.82, 2.24) is 19.6 Å². The lowest BCUT2D eigenvalue weighted by Crippen LogP contribution is -2.48. The highest BCUT2D eigenvalue weighted by molar-refractivity contribution is 9.10. The van der Waals surface area contributed by atoms with Gasteiger partial charge in [-0.05, 0) is 35.3 Å². The van der Waals surface area contributed by atoms with E-state index in [4.69, 9.17) is 0 Å². The molecule has 1 aromatic carbocycles. The van der Waals surface area contributed by atoms with Gasteiger partial charge in [0.15, 0.2) is 0 Å². The van der Waals surface area contributed by atoms with Gasteiger partial charge in [-0.1, -0.05) is 29.8 Å². The molecule has 0 atom stereocenters. The van der Waals surface area contributed by atoms with Gasteiger partial charge in [0.1, 0.15) is 0 Å². The predicted molar refractivity (Wildman–Crippen MR) is 102 cm³/mol. The summed E-state index contributed by atoms with van der Waals surface area (Å²) in [6.45, 7) is 9.23. The van der Waals surface area contributed by atoms with Crippen LogP contribution in [0.3, 0.4) is 0 Å². The van der Waals surface area contributed by atoms with Crippen molar-refractivity contribution in [3.8, 4) is 0 Å². The Hall–Kier alpha value is -1.66. The maximum atomic E-state index is 12.5. The summed E-state index contributed by atoms with van der Waals surface area (Å²) in [4.78, 5) is 16.9. The van der Waals surface area contributed by atoms with Crippen molar-refractivity contribution in [1.29, 1.82) is 0 Å². The summed E-state index contributed by atoms with van der Waals surface area (Å²) < 4.78 is 2.88. The quantitative estimate of drug-likeness (QED) is 0.768. The summed E-state index contributed by atoms with van der Waals surface area (Å²) >= 11 is 3.45. The third-order valence-corrected chi connectivity index (χ3v) is 5.57. The number of aryl methyl sites for hydroxylation is 2. The number of halogens is 1. The Bertz CT molecular complexity index is 735. The van der Waals surface area contributed by atoms with Gasteiger partial charge in [-0.3, -0.25) is 14.4 Å². The predicted octanol–water partition coefficient (Wildman–Crippen LogP) is 3.00. The van der Waals surface area contributed by atoms with E-state index in [1.54, 1.807) is 6.20 Å². The molecule has 3 rings (SSSR count). The number of carbonyl (C=O) groups excluding carboxylic acids is 1. The Balaban J connectivity index is 1.45. The fourth-order valence-electron chi connectivity index (χ4n) is 3.23. The number of carbonyl (C=O) groups is 1. The SMILES string of the molecule is Cc1cccc(CN2CCN(C(=O)CCn3ncc(Br)c3C)CC2)c1. The molecule has 25 heavy (non-hydrogen) atoms. The smallest absolute Gasteiger partial charge is 0.224 e. The fraction of sp³-hybridized carbons (Fsp3) is 0.474. The van der Waals surface area contributed by atoms with Gasteiger partial charge < -0.3 is 4.90 Å². The maximum absolute atomic E-state index is 12.5. The van der Waals surface area contributed by atoms with Crippen molar-refractivity contribution in [2.24, 2.45) is 0 Å². The molecule has 1 aliphatic rings. The topological polar surface area (TPSA) is 41.4 Å². The average Bonchev–Trinajstić information content (AvgIpc) is 2.92. The molecule has 0 radical (unpaired) electrons. The molecule has 5 nitrogen and oxygen atoms in total. The Morgan fingerprint density at radius 2 is 1.96 bits per heavy atom. The molecular formula is C19H25BrN4O. The van der Waals surface area contributed by atoms with Gasteiger partial charge in [-0.2, -0.15) is 5.10 Å². The van der Waals surface area contributed by atoms with Crippen LogP contribution in [0.25, 0.3) is 0 Å². The molecule has 1 amide bonds. The second-order valence-electron chi connectivity index (χ2n) is 6.70. The van der Waals surface area contributed by atoms with Crippen LogP contribution in [0.4, 0.5) is 0 Å². The van der Waals surface area contributed by atoms with E-state index in [2.05, 4.69) is 57.1 Å². The van der Waals surface area contributed by atoms with E-state index in [-0.39, 0.29) is 5.91 Å². The highest BCUT2D eigenvalue weighted by atomic mass is 79.9. The summed E-state index contributed by atoms with van der Waals surface area (Å²) in [6, 6.07) is 8.65. The Labute approximate surface area is 157 Å². The molecule has 1 saturated heterocycles. The number of nitrogens with zero attached hydrogens (tertiary/aromatic N) is 4. The second kappa shape index (κ2) is 8.15. The number of hydrogen-bond acceptors (Lipinski definition) is 3. The lowest BCUT2D eigenvalue weighted by atomic mass is 10.1. The molecule has 2 aromatic rings. The third-order valence-electron chi connectivity index (χ3n) is 4.79. The van der Waals surface area contributed by atoms with Crippen LogP contribution in [0, 0.1) is 13.8 Å². The van der Waals surface area contributed by atoms with Crippen LogP contribution in [-0.2, 0) is 17.9 Å². The Morgan fingerprint density at radius 3 is 2.60 bits per heavy atom. The normalized spacial score (nSPS) is 15.6. The van der Waals surface area contributed by atoms with Gasteiger partial charge in [-0.25, -0.2) is 0 Å². The molecule has 0 unspecified atom stereocenters. The van der Waals surface area contributed by atoms with E-state index < -0.39 is 0 Å². The van der Waals surface area contributed by atoms with E-state index in [1.807, 2.05) is 16.5 Å². The Kier molecular flexibility index (Phi) is 5.91. The minimum Gasteiger partial charge on any atom is -0.340 e. The molecule has 0 aliphatic carbocycles. The highest BCUT2D eigenvalue weighted by Crippen LogP contribution is 2.15. The maximum Gasteiger partial charge on any atom is 0.224 e. The largest absolute Gasteiger partial charge is 0.340 e. The van der Waals surface area contributed by atoms with Crippen molar-refractivity contribution in [3.05, 3.63) is 51.8 Å². The van der Waals surface area contributed by atoms with E-state index in [0.29, 0.717) is 13.0 Å². The zero-order valence-electron chi connectivity index (χ0n) is 14.9. The van der Waals surface area contributed by atoms with E-state index in [9.17, 15) is 4.79 Å². The van der Waals surface area contributed by atoms with Crippen LogP contribution in [0.2, 0.25) is 0 Å². The second-order valence-corrected chi connectivity index (χ2v) is 7.55. The van der Waals surface area contributed by atoms with Gasteiger partial charge in [0.05, 0.1) is 10.7 Å². The minimum absolute atomic E-state index is 0.223. The molecule has 1 aliphatic heterocycles. The average molecular weight is 405 g/mol. The number of amides is 1. The van der Waals surface area contributed by atoms with Crippen LogP contribution in [-0.4, -0.2) is 51.7 Å². The summed E-state index contributed by atoms with van der Waals surface area (Å²) in [5.41, 5.74) is 3.71. The summed E-state index contributed by atoms with van der Waals surface area (Å²) in [5.74, 6) is 0.223. The first-order valence-corrected chi connectivity index (χ1v) is 9.56. The van der Waals surface area contributed by atoms with Crippen molar-refractivity contribution in [2.75, 3.05) is 26.2 Å². The summed E-state index contributed by atoms with van der Waals surface area (Å²) in [5, 5.41) is 4.29. The lowest BCUT2D eigenvalue weighted by Gasteiger charge is -2.35. The number of hydrogen-bond donors (Lipinski definition) is 0. The van der Waals surface area contributed by atoms with Crippen LogP contribution in [0.5, 0.6) is 0 Å². The molecule has 0 spiro atoms. The number of benzene rings is 1. The van der Waals surface area contributed by atoms with Crippen LogP contribution < -0.4 is 0 Å². The molecule has 0 bridgehead atoms. The van der Waals surface area contributed by atoms with Gasteiger partial charge in [0.2, 0.25) is 5.91 Å². The molecule has 1 fully saturated rings. The van der Waals surface area contributed by atoms with E-state index in [1.165, 1.54) is 11.1 Å². The van der Waals surface area contributed by atoms with Crippen LogP contribution in [0.15, 0.2) is 34.9 Å². The van der Waals surface area contributed by atoms with Crippen molar-refractivity contribution in [3.63, 3.8) is 0 Å². The number of aromatic nitrogens is 2. The van der Waals surface area contributed by atoms with Crippen LogP contribution in [0.1, 0.15) is 23.2 Å². The molecule has 0 N–H and O–H groups in total. The lowest BCUT2D eigenvalue weighted by molar-refractivity contribution is -0.133. The molecule has 1 aromatic heterocycles. The zero-order valence-corrected chi connectivity index (χ0v) is 16.5. The number of rotatable bonds is 5. The fourth-order valence-corrected chi connectivity index (χ4v) is 3.53. The third kappa shape index (κ3) is 4.70. The van der Waals surface area contributed by atoms with Crippen LogP contribution >= 0.6 is 15.9 Å². The highest BCUT2D eigenvalue weighted by Gasteiger charge is 2.21.